The molecular weight excluding hydrogens is 299 g/mol. The molecule has 1 aromatic carbocycles. The number of hydrogen-bond acceptors (Lipinski definition) is 4. The summed E-state index contributed by atoms with van der Waals surface area (Å²) in [5.74, 6) is -1.59. The molecule has 112 valence electrons. The molecule has 0 aromatic heterocycles. The van der Waals surface area contributed by atoms with Crippen LogP contribution in [0.3, 0.4) is 0 Å². The molecule has 1 rings (SSSR count). The predicted octanol–water partition coefficient (Wildman–Crippen LogP) is 1.28. The third-order valence-electron chi connectivity index (χ3n) is 2.59. The lowest BCUT2D eigenvalue weighted by atomic mass is 10.2. The standard InChI is InChI=1S/C11H12F3NO4S/c12-11(13,14)7-1-3-8(4-2-7)20(18,19)9(5-6-15)10(16)17/h1-4,9H,5-6,15H2,(H,16,17). The van der Waals surface area contributed by atoms with Gasteiger partial charge in [0.1, 0.15) is 0 Å². The second-order valence-corrected chi connectivity index (χ2v) is 6.10. The van der Waals surface area contributed by atoms with Crippen LogP contribution in [0.25, 0.3) is 0 Å². The van der Waals surface area contributed by atoms with E-state index in [9.17, 15) is 26.4 Å². The van der Waals surface area contributed by atoms with Crippen LogP contribution in [0.5, 0.6) is 0 Å². The number of hydrogen-bond donors (Lipinski definition) is 2. The molecule has 0 bridgehead atoms. The molecule has 0 aliphatic heterocycles. The van der Waals surface area contributed by atoms with Gasteiger partial charge in [0.2, 0.25) is 0 Å². The molecule has 1 atom stereocenters. The average molecular weight is 311 g/mol. The van der Waals surface area contributed by atoms with Gasteiger partial charge in [0, 0.05) is 0 Å². The Morgan fingerprint density at radius 2 is 1.75 bits per heavy atom. The van der Waals surface area contributed by atoms with Crippen molar-refractivity contribution in [3.05, 3.63) is 29.8 Å². The van der Waals surface area contributed by atoms with Crippen molar-refractivity contribution in [2.24, 2.45) is 5.73 Å². The highest BCUT2D eigenvalue weighted by Crippen LogP contribution is 2.30. The van der Waals surface area contributed by atoms with Crippen molar-refractivity contribution in [1.29, 1.82) is 0 Å². The lowest BCUT2D eigenvalue weighted by molar-refractivity contribution is -0.138. The van der Waals surface area contributed by atoms with Crippen molar-refractivity contribution in [3.8, 4) is 0 Å². The molecule has 9 heteroatoms. The minimum atomic E-state index is -4.59. The predicted molar refractivity (Wildman–Crippen MR) is 63.7 cm³/mol. The molecule has 0 heterocycles. The Kier molecular flexibility index (Phi) is 4.77. The van der Waals surface area contributed by atoms with Crippen LogP contribution in [0.4, 0.5) is 13.2 Å². The zero-order chi connectivity index (χ0) is 15.6. The first-order valence-electron chi connectivity index (χ1n) is 5.44. The quantitative estimate of drug-likeness (QED) is 0.853. The van der Waals surface area contributed by atoms with Crippen LogP contribution in [0.1, 0.15) is 12.0 Å². The summed E-state index contributed by atoms with van der Waals surface area (Å²) in [5, 5.41) is 7.10. The van der Waals surface area contributed by atoms with E-state index in [-0.39, 0.29) is 13.0 Å². The molecule has 0 amide bonds. The summed E-state index contributed by atoms with van der Waals surface area (Å²) in [6, 6.07) is 2.66. The van der Waals surface area contributed by atoms with Crippen LogP contribution < -0.4 is 5.73 Å². The Hall–Kier alpha value is -1.61. The van der Waals surface area contributed by atoms with Crippen LogP contribution in [-0.2, 0) is 20.8 Å². The maximum absolute atomic E-state index is 12.4. The molecule has 0 aliphatic carbocycles. The fourth-order valence-electron chi connectivity index (χ4n) is 1.56. The molecule has 0 fully saturated rings. The number of aliphatic carboxylic acids is 1. The summed E-state index contributed by atoms with van der Waals surface area (Å²) < 4.78 is 61.1. The Bertz CT molecular complexity index is 581. The summed E-state index contributed by atoms with van der Waals surface area (Å²) in [6.07, 6.45) is -4.91. The Labute approximate surface area is 113 Å². The zero-order valence-electron chi connectivity index (χ0n) is 10.1. The smallest absolute Gasteiger partial charge is 0.416 e. The number of carboxylic acid groups (broad SMARTS) is 1. The second kappa shape index (κ2) is 5.80. The van der Waals surface area contributed by atoms with E-state index in [4.69, 9.17) is 10.8 Å². The first kappa shape index (κ1) is 16.4. The summed E-state index contributed by atoms with van der Waals surface area (Å²) in [6.45, 7) is -0.170. The second-order valence-electron chi connectivity index (χ2n) is 3.97. The van der Waals surface area contributed by atoms with E-state index in [2.05, 4.69) is 0 Å². The monoisotopic (exact) mass is 311 g/mol. The van der Waals surface area contributed by atoms with E-state index >= 15 is 0 Å². The molecule has 0 radical (unpaired) electrons. The van der Waals surface area contributed by atoms with Crippen molar-refractivity contribution >= 4 is 15.8 Å². The first-order chi connectivity index (χ1) is 9.10. The largest absolute Gasteiger partial charge is 0.480 e. The van der Waals surface area contributed by atoms with Gasteiger partial charge >= 0.3 is 12.1 Å². The van der Waals surface area contributed by atoms with E-state index in [1.165, 1.54) is 0 Å². The van der Waals surface area contributed by atoms with E-state index in [0.29, 0.717) is 12.1 Å². The van der Waals surface area contributed by atoms with Crippen LogP contribution >= 0.6 is 0 Å². The van der Waals surface area contributed by atoms with Crippen molar-refractivity contribution in [3.63, 3.8) is 0 Å². The molecule has 1 unspecified atom stereocenters. The highest BCUT2D eigenvalue weighted by Gasteiger charge is 2.35. The zero-order valence-corrected chi connectivity index (χ0v) is 10.9. The minimum absolute atomic E-state index is 0.170. The van der Waals surface area contributed by atoms with Gasteiger partial charge in [-0.25, -0.2) is 8.42 Å². The number of carboxylic acids is 1. The first-order valence-corrected chi connectivity index (χ1v) is 6.99. The van der Waals surface area contributed by atoms with Gasteiger partial charge in [-0.3, -0.25) is 4.79 Å². The Balaban J connectivity index is 3.19. The Morgan fingerprint density at radius 3 is 2.10 bits per heavy atom. The van der Waals surface area contributed by atoms with Gasteiger partial charge in [-0.2, -0.15) is 13.2 Å². The van der Waals surface area contributed by atoms with Gasteiger partial charge in [0.05, 0.1) is 10.5 Å². The highest BCUT2D eigenvalue weighted by molar-refractivity contribution is 7.92. The Morgan fingerprint density at radius 1 is 1.25 bits per heavy atom. The molecule has 1 aromatic rings. The van der Waals surface area contributed by atoms with Gasteiger partial charge in [0.25, 0.3) is 0 Å². The fourth-order valence-corrected chi connectivity index (χ4v) is 3.12. The SMILES string of the molecule is NCCC(C(=O)O)S(=O)(=O)c1ccc(C(F)(F)F)cc1. The number of benzene rings is 1. The van der Waals surface area contributed by atoms with E-state index in [1.54, 1.807) is 0 Å². The molecule has 0 spiro atoms. The van der Waals surface area contributed by atoms with E-state index in [1.807, 2.05) is 0 Å². The fraction of sp³-hybridized carbons (Fsp3) is 0.364. The van der Waals surface area contributed by atoms with Crippen LogP contribution in [0.2, 0.25) is 0 Å². The molecule has 3 N–H and O–H groups in total. The number of alkyl halides is 3. The van der Waals surface area contributed by atoms with Gasteiger partial charge in [-0.05, 0) is 37.2 Å². The highest BCUT2D eigenvalue weighted by atomic mass is 32.2. The average Bonchev–Trinajstić information content (AvgIpc) is 2.34. The lowest BCUT2D eigenvalue weighted by Gasteiger charge is -2.13. The van der Waals surface area contributed by atoms with Gasteiger partial charge in [-0.1, -0.05) is 0 Å². The van der Waals surface area contributed by atoms with Crippen molar-refractivity contribution in [2.45, 2.75) is 22.7 Å². The van der Waals surface area contributed by atoms with Crippen molar-refractivity contribution < 1.29 is 31.5 Å². The van der Waals surface area contributed by atoms with Crippen molar-refractivity contribution in [1.82, 2.24) is 0 Å². The number of sulfone groups is 1. The summed E-state index contributed by atoms with van der Waals surface area (Å²) >= 11 is 0. The summed E-state index contributed by atoms with van der Waals surface area (Å²) in [5.41, 5.74) is 4.13. The van der Waals surface area contributed by atoms with Crippen LogP contribution in [0, 0.1) is 0 Å². The normalized spacial score (nSPS) is 14.0. The molecular formula is C11H12F3NO4S. The number of carbonyl (C=O) groups is 1. The summed E-state index contributed by atoms with van der Waals surface area (Å²) in [4.78, 5) is 10.4. The van der Waals surface area contributed by atoms with Crippen LogP contribution in [0.15, 0.2) is 29.2 Å². The maximum Gasteiger partial charge on any atom is 0.416 e. The molecule has 20 heavy (non-hydrogen) atoms. The molecule has 0 saturated heterocycles. The molecule has 5 nitrogen and oxygen atoms in total. The van der Waals surface area contributed by atoms with Gasteiger partial charge < -0.3 is 10.8 Å². The number of halogens is 3. The van der Waals surface area contributed by atoms with E-state index in [0.717, 1.165) is 12.1 Å². The third kappa shape index (κ3) is 3.48. The number of rotatable bonds is 5. The van der Waals surface area contributed by atoms with Gasteiger partial charge in [0.15, 0.2) is 15.1 Å². The van der Waals surface area contributed by atoms with E-state index < -0.39 is 37.7 Å². The maximum atomic E-state index is 12.4. The third-order valence-corrected chi connectivity index (χ3v) is 4.70. The topological polar surface area (TPSA) is 97.5 Å². The van der Waals surface area contributed by atoms with Crippen molar-refractivity contribution in [2.75, 3.05) is 6.54 Å². The van der Waals surface area contributed by atoms with Gasteiger partial charge in [-0.15, -0.1) is 0 Å². The summed E-state index contributed by atoms with van der Waals surface area (Å²) in [7, 11) is -4.27. The number of nitrogens with two attached hydrogens (primary N) is 1. The molecule has 0 aliphatic rings. The molecule has 0 saturated carbocycles. The lowest BCUT2D eigenvalue weighted by Crippen LogP contribution is -2.32. The van der Waals surface area contributed by atoms with Crippen LogP contribution in [-0.4, -0.2) is 31.3 Å². The minimum Gasteiger partial charge on any atom is -0.480 e.